The van der Waals surface area contributed by atoms with E-state index in [9.17, 15) is 10.1 Å². The highest BCUT2D eigenvalue weighted by atomic mass is 16.6. The quantitative estimate of drug-likeness (QED) is 0.339. The molecular weight excluding hydrogens is 142 g/mol. The normalized spacial score (nSPS) is 10.5. The summed E-state index contributed by atoms with van der Waals surface area (Å²) in [6.07, 6.45) is 4.06. The van der Waals surface area contributed by atoms with E-state index in [1.54, 1.807) is 0 Å². The van der Waals surface area contributed by atoms with Gasteiger partial charge in [0.05, 0.1) is 0 Å². The van der Waals surface area contributed by atoms with Crippen molar-refractivity contribution in [2.75, 3.05) is 6.54 Å². The van der Waals surface area contributed by atoms with Gasteiger partial charge in [-0.2, -0.15) is 0 Å². The van der Waals surface area contributed by atoms with Gasteiger partial charge >= 0.3 is 0 Å². The fourth-order valence-electron chi connectivity index (χ4n) is 0.970. The standard InChI is InChI=1S/C8H17NO2/c1-8(2)6-4-3-5-7-9(10)11/h8H,3-7H2,1-2H3. The summed E-state index contributed by atoms with van der Waals surface area (Å²) in [4.78, 5) is 9.66. The van der Waals surface area contributed by atoms with Gasteiger partial charge in [0.15, 0.2) is 0 Å². The van der Waals surface area contributed by atoms with Crippen LogP contribution in [0.25, 0.3) is 0 Å². The van der Waals surface area contributed by atoms with E-state index in [1.807, 2.05) is 0 Å². The maximum Gasteiger partial charge on any atom is 0.203 e. The number of rotatable bonds is 6. The molecule has 0 N–H and O–H groups in total. The molecule has 0 bridgehead atoms. The van der Waals surface area contributed by atoms with Crippen LogP contribution in [0.5, 0.6) is 0 Å². The Labute approximate surface area is 67.9 Å². The van der Waals surface area contributed by atoms with E-state index in [1.165, 1.54) is 6.42 Å². The van der Waals surface area contributed by atoms with Crippen molar-refractivity contribution in [1.82, 2.24) is 0 Å². The Balaban J connectivity index is 2.97. The highest BCUT2D eigenvalue weighted by molar-refractivity contribution is 4.46. The Morgan fingerprint density at radius 1 is 1.27 bits per heavy atom. The van der Waals surface area contributed by atoms with Gasteiger partial charge in [-0.05, 0) is 12.3 Å². The van der Waals surface area contributed by atoms with E-state index in [-0.39, 0.29) is 11.5 Å². The van der Waals surface area contributed by atoms with Crippen molar-refractivity contribution < 1.29 is 4.92 Å². The minimum absolute atomic E-state index is 0.137. The molecule has 0 aromatic heterocycles. The fourth-order valence-corrected chi connectivity index (χ4v) is 0.970. The number of nitro groups is 1. The van der Waals surface area contributed by atoms with E-state index in [2.05, 4.69) is 13.8 Å². The summed E-state index contributed by atoms with van der Waals surface area (Å²) < 4.78 is 0. The van der Waals surface area contributed by atoms with Gasteiger partial charge < -0.3 is 0 Å². The molecule has 3 heteroatoms. The first-order chi connectivity index (χ1) is 5.13. The van der Waals surface area contributed by atoms with Crippen LogP contribution in [0.1, 0.15) is 39.5 Å². The summed E-state index contributed by atoms with van der Waals surface area (Å²) >= 11 is 0. The van der Waals surface area contributed by atoms with E-state index < -0.39 is 0 Å². The molecule has 0 rings (SSSR count). The Morgan fingerprint density at radius 3 is 2.36 bits per heavy atom. The molecule has 0 aromatic rings. The molecule has 0 aliphatic rings. The van der Waals surface area contributed by atoms with Gasteiger partial charge in [-0.15, -0.1) is 0 Å². The molecule has 11 heavy (non-hydrogen) atoms. The van der Waals surface area contributed by atoms with Crippen molar-refractivity contribution in [2.24, 2.45) is 5.92 Å². The maximum absolute atomic E-state index is 9.90. The zero-order valence-electron chi connectivity index (χ0n) is 7.38. The monoisotopic (exact) mass is 159 g/mol. The van der Waals surface area contributed by atoms with Crippen LogP contribution in [0.15, 0.2) is 0 Å². The molecule has 66 valence electrons. The van der Waals surface area contributed by atoms with Gasteiger partial charge in [-0.25, -0.2) is 0 Å². The van der Waals surface area contributed by atoms with Crippen LogP contribution in [-0.2, 0) is 0 Å². The van der Waals surface area contributed by atoms with Crippen LogP contribution in [0.3, 0.4) is 0 Å². The molecule has 0 unspecified atom stereocenters. The molecule has 0 saturated carbocycles. The maximum atomic E-state index is 9.90. The summed E-state index contributed by atoms with van der Waals surface area (Å²) in [5, 5.41) is 9.90. The molecule has 0 spiro atoms. The van der Waals surface area contributed by atoms with Gasteiger partial charge in [-0.1, -0.05) is 26.7 Å². The van der Waals surface area contributed by atoms with Crippen LogP contribution in [-0.4, -0.2) is 11.5 Å². The third kappa shape index (κ3) is 9.40. The number of nitrogens with zero attached hydrogens (tertiary/aromatic N) is 1. The van der Waals surface area contributed by atoms with Crippen LogP contribution in [0.2, 0.25) is 0 Å². The summed E-state index contributed by atoms with van der Waals surface area (Å²) in [6.45, 7) is 4.49. The highest BCUT2D eigenvalue weighted by Crippen LogP contribution is 2.07. The summed E-state index contributed by atoms with van der Waals surface area (Å²) in [5.41, 5.74) is 0. The molecule has 0 saturated heterocycles. The molecule has 0 atom stereocenters. The number of hydrogen-bond acceptors (Lipinski definition) is 2. The van der Waals surface area contributed by atoms with E-state index in [0.29, 0.717) is 0 Å². The van der Waals surface area contributed by atoms with Crippen molar-refractivity contribution in [3.63, 3.8) is 0 Å². The Kier molecular flexibility index (Phi) is 5.80. The Bertz CT molecular complexity index is 113. The largest absolute Gasteiger partial charge is 0.265 e. The average molecular weight is 159 g/mol. The first-order valence-corrected chi connectivity index (χ1v) is 4.24. The van der Waals surface area contributed by atoms with Crippen molar-refractivity contribution in [1.29, 1.82) is 0 Å². The minimum atomic E-state index is -0.241. The molecule has 0 aromatic carbocycles. The fraction of sp³-hybridized carbons (Fsp3) is 1.00. The number of unbranched alkanes of at least 4 members (excludes halogenated alkanes) is 2. The lowest BCUT2D eigenvalue weighted by Gasteiger charge is -2.01. The summed E-state index contributed by atoms with van der Waals surface area (Å²) in [6, 6.07) is 0. The minimum Gasteiger partial charge on any atom is -0.265 e. The predicted octanol–water partition coefficient (Wildman–Crippen LogP) is 2.48. The Hall–Kier alpha value is -0.600. The van der Waals surface area contributed by atoms with Gasteiger partial charge in [0.1, 0.15) is 0 Å². The predicted molar refractivity (Wildman–Crippen MR) is 45.2 cm³/mol. The molecule has 0 heterocycles. The van der Waals surface area contributed by atoms with Crippen molar-refractivity contribution in [3.05, 3.63) is 10.1 Å². The van der Waals surface area contributed by atoms with Gasteiger partial charge in [0.25, 0.3) is 0 Å². The van der Waals surface area contributed by atoms with Crippen molar-refractivity contribution in [2.45, 2.75) is 39.5 Å². The molecule has 0 radical (unpaired) electrons. The van der Waals surface area contributed by atoms with Gasteiger partial charge in [0.2, 0.25) is 6.54 Å². The zero-order valence-corrected chi connectivity index (χ0v) is 7.38. The van der Waals surface area contributed by atoms with E-state index in [4.69, 9.17) is 0 Å². The lowest BCUT2D eigenvalue weighted by Crippen LogP contribution is -2.00. The third-order valence-corrected chi connectivity index (χ3v) is 1.62. The SMILES string of the molecule is CC(C)CCCCC[N+](=O)[O-]. The van der Waals surface area contributed by atoms with E-state index >= 15 is 0 Å². The Morgan fingerprint density at radius 2 is 1.91 bits per heavy atom. The smallest absolute Gasteiger partial charge is 0.203 e. The molecule has 0 fully saturated rings. The zero-order chi connectivity index (χ0) is 8.69. The number of hydrogen-bond donors (Lipinski definition) is 0. The molecule has 0 aliphatic carbocycles. The van der Waals surface area contributed by atoms with Crippen LogP contribution in [0.4, 0.5) is 0 Å². The second kappa shape index (κ2) is 6.13. The van der Waals surface area contributed by atoms with Crippen molar-refractivity contribution in [3.8, 4) is 0 Å². The molecule has 3 nitrogen and oxygen atoms in total. The lowest BCUT2D eigenvalue weighted by atomic mass is 10.1. The molecular formula is C8H17NO2. The summed E-state index contributed by atoms with van der Waals surface area (Å²) in [5.74, 6) is 0.727. The first-order valence-electron chi connectivity index (χ1n) is 4.24. The topological polar surface area (TPSA) is 43.1 Å². The average Bonchev–Trinajstić information content (AvgIpc) is 1.85. The lowest BCUT2D eigenvalue weighted by molar-refractivity contribution is -0.480. The first kappa shape index (κ1) is 10.4. The molecule has 0 amide bonds. The van der Waals surface area contributed by atoms with E-state index in [0.717, 1.165) is 25.2 Å². The van der Waals surface area contributed by atoms with Crippen LogP contribution in [0, 0.1) is 16.0 Å². The van der Waals surface area contributed by atoms with Crippen LogP contribution < -0.4 is 0 Å². The second-order valence-electron chi connectivity index (χ2n) is 3.30. The van der Waals surface area contributed by atoms with Gasteiger partial charge in [-0.3, -0.25) is 10.1 Å². The third-order valence-electron chi connectivity index (χ3n) is 1.62. The highest BCUT2D eigenvalue weighted by Gasteiger charge is 1.97. The summed E-state index contributed by atoms with van der Waals surface area (Å²) in [7, 11) is 0. The van der Waals surface area contributed by atoms with Crippen molar-refractivity contribution >= 4 is 0 Å². The molecule has 0 aliphatic heterocycles. The van der Waals surface area contributed by atoms with Crippen LogP contribution >= 0.6 is 0 Å². The van der Waals surface area contributed by atoms with Gasteiger partial charge in [0, 0.05) is 11.3 Å². The second-order valence-corrected chi connectivity index (χ2v) is 3.30.